The largest absolute Gasteiger partial charge is 0.480 e. The van der Waals surface area contributed by atoms with Gasteiger partial charge in [-0.3, -0.25) is 9.59 Å². The molecule has 11 heteroatoms. The Balaban J connectivity index is 1.79. The summed E-state index contributed by atoms with van der Waals surface area (Å²) in [6.45, 7) is 1.90. The van der Waals surface area contributed by atoms with Crippen LogP contribution in [-0.4, -0.2) is 72.4 Å². The number of carbonyl (C=O) groups is 3. The zero-order valence-corrected chi connectivity index (χ0v) is 22.5. The van der Waals surface area contributed by atoms with Crippen molar-refractivity contribution < 1.29 is 23.9 Å². The number of aliphatic carboxylic acids is 1. The molecule has 206 valence electrons. The van der Waals surface area contributed by atoms with E-state index in [1.807, 2.05) is 29.2 Å². The lowest BCUT2D eigenvalue weighted by atomic mass is 10.0. The minimum Gasteiger partial charge on any atom is -0.480 e. The van der Waals surface area contributed by atoms with Gasteiger partial charge in [0.05, 0.1) is 6.04 Å². The van der Waals surface area contributed by atoms with Gasteiger partial charge in [0, 0.05) is 43.4 Å². The number of hydrogen-bond acceptors (Lipinski definition) is 5. The van der Waals surface area contributed by atoms with Gasteiger partial charge < -0.3 is 26.0 Å². The van der Waals surface area contributed by atoms with Crippen LogP contribution in [0.3, 0.4) is 0 Å². The molecule has 0 spiro atoms. The molecule has 0 radical (unpaired) electrons. The standard InChI is InChI=1S/C27H33Cl2FN4O4/c28-10-13-34(14-11-29)21-4-1-3-19(15-21)17-23(32-25(35)22-5-2-12-31-22)26(36)33-24(27(37)38)16-18-6-8-20(30)9-7-18/h1,3-4,6-9,15,22-24,31H,2,5,10-14,16-17H2,(H,32,35)(H,33,36)(H,37,38)/t22-,23-,24-/m0/s1. The van der Waals surface area contributed by atoms with Gasteiger partial charge in [-0.05, 0) is 54.8 Å². The Kier molecular flexibility index (Phi) is 11.6. The molecule has 1 heterocycles. The van der Waals surface area contributed by atoms with Crippen LogP contribution in [0.4, 0.5) is 10.1 Å². The molecule has 2 aromatic rings. The van der Waals surface area contributed by atoms with Gasteiger partial charge >= 0.3 is 5.97 Å². The van der Waals surface area contributed by atoms with Crippen LogP contribution in [-0.2, 0) is 27.2 Å². The number of carboxylic acid groups (broad SMARTS) is 1. The topological polar surface area (TPSA) is 111 Å². The Morgan fingerprint density at radius 3 is 2.29 bits per heavy atom. The second kappa shape index (κ2) is 14.9. The van der Waals surface area contributed by atoms with Crippen LogP contribution >= 0.6 is 23.2 Å². The second-order valence-corrected chi connectivity index (χ2v) is 9.94. The van der Waals surface area contributed by atoms with Gasteiger partial charge in [0.1, 0.15) is 17.9 Å². The number of carboxylic acids is 1. The van der Waals surface area contributed by atoms with E-state index in [0.29, 0.717) is 43.4 Å². The lowest BCUT2D eigenvalue weighted by Crippen LogP contribution is -2.55. The van der Waals surface area contributed by atoms with Crippen LogP contribution in [0.2, 0.25) is 0 Å². The van der Waals surface area contributed by atoms with Gasteiger partial charge in [-0.1, -0.05) is 24.3 Å². The molecule has 1 aliphatic rings. The van der Waals surface area contributed by atoms with E-state index in [1.165, 1.54) is 24.3 Å². The van der Waals surface area contributed by atoms with E-state index in [4.69, 9.17) is 23.2 Å². The molecule has 2 aromatic carbocycles. The van der Waals surface area contributed by atoms with Gasteiger partial charge in [0.25, 0.3) is 0 Å². The van der Waals surface area contributed by atoms with Crippen molar-refractivity contribution in [3.63, 3.8) is 0 Å². The fraction of sp³-hybridized carbons (Fsp3) is 0.444. The van der Waals surface area contributed by atoms with Gasteiger partial charge in [-0.25, -0.2) is 9.18 Å². The first-order valence-corrected chi connectivity index (χ1v) is 13.6. The van der Waals surface area contributed by atoms with E-state index in [0.717, 1.165) is 17.7 Å². The van der Waals surface area contributed by atoms with E-state index in [-0.39, 0.29) is 18.7 Å². The number of alkyl halides is 2. The van der Waals surface area contributed by atoms with Crippen molar-refractivity contribution in [2.24, 2.45) is 0 Å². The molecule has 0 saturated carbocycles. The predicted octanol–water partition coefficient (Wildman–Crippen LogP) is 2.70. The summed E-state index contributed by atoms with van der Waals surface area (Å²) in [4.78, 5) is 40.2. The van der Waals surface area contributed by atoms with Crippen molar-refractivity contribution in [1.82, 2.24) is 16.0 Å². The molecule has 2 amide bonds. The van der Waals surface area contributed by atoms with Crippen LogP contribution < -0.4 is 20.9 Å². The first kappa shape index (κ1) is 29.7. The molecule has 0 unspecified atom stereocenters. The number of nitrogens with zero attached hydrogens (tertiary/aromatic N) is 1. The highest BCUT2D eigenvalue weighted by molar-refractivity contribution is 6.18. The molecular formula is C27H33Cl2FN4O4. The summed E-state index contributed by atoms with van der Waals surface area (Å²) in [5, 5.41) is 18.2. The van der Waals surface area contributed by atoms with Crippen LogP contribution in [0.15, 0.2) is 48.5 Å². The molecule has 3 atom stereocenters. The van der Waals surface area contributed by atoms with Crippen molar-refractivity contribution in [2.45, 2.75) is 43.8 Å². The summed E-state index contributed by atoms with van der Waals surface area (Å²) in [6.07, 6.45) is 1.63. The maximum Gasteiger partial charge on any atom is 0.326 e. The third kappa shape index (κ3) is 8.85. The van der Waals surface area contributed by atoms with Crippen LogP contribution in [0.25, 0.3) is 0 Å². The number of nitrogens with one attached hydrogen (secondary N) is 3. The minimum absolute atomic E-state index is 0.0342. The molecule has 38 heavy (non-hydrogen) atoms. The fourth-order valence-corrected chi connectivity index (χ4v) is 4.82. The average Bonchev–Trinajstić information content (AvgIpc) is 3.44. The molecule has 0 bridgehead atoms. The lowest BCUT2D eigenvalue weighted by molar-refractivity contribution is -0.142. The SMILES string of the molecule is O=C(O)[C@H](Cc1ccc(F)cc1)NC(=O)[C@H](Cc1cccc(N(CCCl)CCCl)c1)NC(=O)[C@@H]1CCCN1. The maximum absolute atomic E-state index is 13.4. The van der Waals surface area contributed by atoms with Crippen molar-refractivity contribution in [3.05, 3.63) is 65.5 Å². The minimum atomic E-state index is -1.26. The summed E-state index contributed by atoms with van der Waals surface area (Å²) in [6, 6.07) is 10.3. The van der Waals surface area contributed by atoms with Gasteiger partial charge in [0.2, 0.25) is 11.8 Å². The number of anilines is 1. The summed E-state index contributed by atoms with van der Waals surface area (Å²) in [5.41, 5.74) is 2.22. The normalized spacial score (nSPS) is 16.4. The number of rotatable bonds is 14. The van der Waals surface area contributed by atoms with Crippen LogP contribution in [0.1, 0.15) is 24.0 Å². The number of halogens is 3. The average molecular weight is 567 g/mol. The summed E-state index contributed by atoms with van der Waals surface area (Å²) >= 11 is 11.9. The molecular weight excluding hydrogens is 534 g/mol. The number of benzene rings is 2. The van der Waals surface area contributed by atoms with Crippen molar-refractivity contribution in [2.75, 3.05) is 36.3 Å². The fourth-order valence-electron chi connectivity index (χ4n) is 4.41. The molecule has 1 fully saturated rings. The Labute approximate surface area is 231 Å². The highest BCUT2D eigenvalue weighted by Crippen LogP contribution is 2.18. The van der Waals surface area contributed by atoms with E-state index in [9.17, 15) is 23.9 Å². The number of amides is 2. The highest BCUT2D eigenvalue weighted by Gasteiger charge is 2.30. The van der Waals surface area contributed by atoms with Crippen molar-refractivity contribution >= 4 is 46.7 Å². The highest BCUT2D eigenvalue weighted by atomic mass is 35.5. The van der Waals surface area contributed by atoms with Crippen molar-refractivity contribution in [3.8, 4) is 0 Å². The van der Waals surface area contributed by atoms with E-state index < -0.39 is 35.8 Å². The molecule has 0 aromatic heterocycles. The zero-order chi connectivity index (χ0) is 27.5. The number of hydrogen-bond donors (Lipinski definition) is 4. The third-order valence-electron chi connectivity index (χ3n) is 6.40. The summed E-state index contributed by atoms with van der Waals surface area (Å²) in [5.74, 6) is -1.76. The van der Waals surface area contributed by atoms with Gasteiger partial charge in [0.15, 0.2) is 0 Å². The Bertz CT molecular complexity index is 1080. The van der Waals surface area contributed by atoms with E-state index in [2.05, 4.69) is 16.0 Å². The number of carbonyl (C=O) groups excluding carboxylic acids is 2. The first-order chi connectivity index (χ1) is 18.3. The first-order valence-electron chi connectivity index (χ1n) is 12.6. The monoisotopic (exact) mass is 566 g/mol. The molecule has 3 rings (SSSR count). The second-order valence-electron chi connectivity index (χ2n) is 9.18. The lowest BCUT2D eigenvalue weighted by Gasteiger charge is -2.25. The molecule has 1 aliphatic heterocycles. The Morgan fingerprint density at radius 2 is 1.68 bits per heavy atom. The predicted molar refractivity (Wildman–Crippen MR) is 146 cm³/mol. The molecule has 8 nitrogen and oxygen atoms in total. The summed E-state index contributed by atoms with van der Waals surface area (Å²) in [7, 11) is 0. The van der Waals surface area contributed by atoms with Crippen LogP contribution in [0.5, 0.6) is 0 Å². The van der Waals surface area contributed by atoms with Crippen LogP contribution in [0, 0.1) is 5.82 Å². The Morgan fingerprint density at radius 1 is 1.00 bits per heavy atom. The van der Waals surface area contributed by atoms with E-state index in [1.54, 1.807) is 0 Å². The molecule has 0 aliphatic carbocycles. The molecule has 1 saturated heterocycles. The quantitative estimate of drug-likeness (QED) is 0.262. The Hall–Kier alpha value is -2.88. The van der Waals surface area contributed by atoms with Gasteiger partial charge in [-0.15, -0.1) is 23.2 Å². The van der Waals surface area contributed by atoms with Crippen molar-refractivity contribution in [1.29, 1.82) is 0 Å². The van der Waals surface area contributed by atoms with E-state index >= 15 is 0 Å². The molecule has 4 N–H and O–H groups in total. The van der Waals surface area contributed by atoms with Gasteiger partial charge in [-0.2, -0.15) is 0 Å². The third-order valence-corrected chi connectivity index (χ3v) is 6.74. The smallest absolute Gasteiger partial charge is 0.326 e. The maximum atomic E-state index is 13.4. The zero-order valence-electron chi connectivity index (χ0n) is 21.0. The summed E-state index contributed by atoms with van der Waals surface area (Å²) < 4.78 is 13.3.